The van der Waals surface area contributed by atoms with Crippen molar-refractivity contribution in [2.45, 2.75) is 31.7 Å². The number of imide groups is 2. The Morgan fingerprint density at radius 2 is 1.46 bits per heavy atom. The number of nitrogens with one attached hydrogen (secondary N) is 5. The van der Waals surface area contributed by atoms with Crippen LogP contribution in [0.25, 0.3) is 0 Å². The summed E-state index contributed by atoms with van der Waals surface area (Å²) in [6.45, 7) is 3.05. The van der Waals surface area contributed by atoms with Gasteiger partial charge in [-0.25, -0.2) is 5.48 Å². The van der Waals surface area contributed by atoms with Crippen LogP contribution < -0.4 is 31.5 Å². The van der Waals surface area contributed by atoms with Crippen molar-refractivity contribution in [3.63, 3.8) is 0 Å². The van der Waals surface area contributed by atoms with Gasteiger partial charge in [-0.1, -0.05) is 12.1 Å². The van der Waals surface area contributed by atoms with E-state index in [0.29, 0.717) is 88.3 Å². The summed E-state index contributed by atoms with van der Waals surface area (Å²) in [5.74, 6) is -3.22. The van der Waals surface area contributed by atoms with Crippen molar-refractivity contribution in [3.05, 3.63) is 89.0 Å². The molecule has 2 heterocycles. The number of nitrogens with zero attached hydrogens (tertiary/aromatic N) is 1. The van der Waals surface area contributed by atoms with Crippen LogP contribution in [-0.2, 0) is 28.6 Å². The monoisotopic (exact) mass is 788 g/mol. The summed E-state index contributed by atoms with van der Waals surface area (Å²) >= 11 is 0. The molecule has 0 radical (unpaired) electrons. The largest absolute Gasteiger partial charge is 0.484 e. The number of hydrogen-bond donors (Lipinski definition) is 6. The Labute approximate surface area is 327 Å². The number of carbonyl (C=O) groups is 7. The number of hydrogen-bond acceptors (Lipinski definition) is 13. The number of hydroxylamine groups is 1. The number of piperidine rings is 1. The second kappa shape index (κ2) is 21.2. The standard InChI is InChI=1S/C39H44N6O12/c46-32-14-13-31(37(50)43-32)45-38(51)29-7-2-8-30(34(29)39(45)52)40-15-3-17-54-19-21-56-22-20-55-18-4-16-41-33(47)24-57-28-11-9-25(10-12-28)35(48)42-27-6-1-5-26(23-27)36(49)44-53/h1-2,5-12,23,31,40,53H,3-4,13-22,24H2,(H,41,47)(H,42,48)(H,44,49)(H,43,46,50). The minimum atomic E-state index is -1.02. The number of fused-ring (bicyclic) bond motifs is 1. The van der Waals surface area contributed by atoms with E-state index in [9.17, 15) is 33.6 Å². The lowest BCUT2D eigenvalue weighted by molar-refractivity contribution is -0.136. The lowest BCUT2D eigenvalue weighted by atomic mass is 10.0. The second-order valence-corrected chi connectivity index (χ2v) is 12.8. The number of rotatable bonds is 22. The zero-order chi connectivity index (χ0) is 40.6. The predicted molar refractivity (Wildman–Crippen MR) is 202 cm³/mol. The molecule has 0 bridgehead atoms. The van der Waals surface area contributed by atoms with Crippen molar-refractivity contribution in [2.24, 2.45) is 0 Å². The quantitative estimate of drug-likeness (QED) is 0.0370. The zero-order valence-corrected chi connectivity index (χ0v) is 31.0. The topological polar surface area (TPSA) is 240 Å². The Balaban J connectivity index is 0.842. The van der Waals surface area contributed by atoms with Crippen LogP contribution >= 0.6 is 0 Å². The van der Waals surface area contributed by atoms with E-state index in [1.54, 1.807) is 42.5 Å². The molecule has 2 aliphatic heterocycles. The summed E-state index contributed by atoms with van der Waals surface area (Å²) in [4.78, 5) is 87.2. The Morgan fingerprint density at radius 1 is 0.772 bits per heavy atom. The molecular formula is C39H44N6O12. The lowest BCUT2D eigenvalue weighted by Gasteiger charge is -2.27. The highest BCUT2D eigenvalue weighted by atomic mass is 16.5. The van der Waals surface area contributed by atoms with Crippen molar-refractivity contribution in [1.29, 1.82) is 0 Å². The number of carbonyl (C=O) groups excluding carboxylic acids is 7. The van der Waals surface area contributed by atoms with Gasteiger partial charge in [0.25, 0.3) is 29.5 Å². The van der Waals surface area contributed by atoms with Gasteiger partial charge in [-0.2, -0.15) is 0 Å². The fraction of sp³-hybridized carbons (Fsp3) is 0.359. The molecule has 0 saturated carbocycles. The first kappa shape index (κ1) is 41.9. The van der Waals surface area contributed by atoms with Gasteiger partial charge in [-0.3, -0.25) is 49.0 Å². The Hall–Kier alpha value is -6.21. The predicted octanol–water partition coefficient (Wildman–Crippen LogP) is 1.90. The van der Waals surface area contributed by atoms with Crippen molar-refractivity contribution in [2.75, 3.05) is 70.0 Å². The third kappa shape index (κ3) is 11.9. The molecule has 57 heavy (non-hydrogen) atoms. The fourth-order valence-corrected chi connectivity index (χ4v) is 5.91. The average Bonchev–Trinajstić information content (AvgIpc) is 3.47. The van der Waals surface area contributed by atoms with Crippen LogP contribution in [0, 0.1) is 0 Å². The smallest absolute Gasteiger partial charge is 0.274 e. The first-order valence-electron chi connectivity index (χ1n) is 18.3. The van der Waals surface area contributed by atoms with Crippen LogP contribution in [0.1, 0.15) is 67.1 Å². The summed E-state index contributed by atoms with van der Waals surface area (Å²) in [6.07, 6.45) is 1.36. The molecule has 0 aromatic heterocycles. The molecule has 18 heteroatoms. The van der Waals surface area contributed by atoms with Gasteiger partial charge in [0, 0.05) is 55.2 Å². The molecule has 1 saturated heterocycles. The molecule has 18 nitrogen and oxygen atoms in total. The van der Waals surface area contributed by atoms with Crippen LogP contribution in [0.5, 0.6) is 5.75 Å². The minimum Gasteiger partial charge on any atom is -0.484 e. The maximum Gasteiger partial charge on any atom is 0.274 e. The van der Waals surface area contributed by atoms with Gasteiger partial charge in [0.2, 0.25) is 11.8 Å². The van der Waals surface area contributed by atoms with Crippen molar-refractivity contribution < 1.29 is 57.7 Å². The SMILES string of the molecule is O=C(COc1ccc(C(=O)Nc2cccc(C(=O)NO)c2)cc1)NCCCOCCOCCOCCCNc1cccc2c1C(=O)N(C1CCC(=O)NC1=O)C2=O. The van der Waals surface area contributed by atoms with Gasteiger partial charge in [0.15, 0.2) is 6.61 Å². The van der Waals surface area contributed by atoms with Crippen LogP contribution in [0.4, 0.5) is 11.4 Å². The molecule has 2 aliphatic rings. The van der Waals surface area contributed by atoms with Crippen LogP contribution in [0.2, 0.25) is 0 Å². The second-order valence-electron chi connectivity index (χ2n) is 12.8. The molecular weight excluding hydrogens is 744 g/mol. The molecule has 3 aromatic rings. The summed E-state index contributed by atoms with van der Waals surface area (Å²) < 4.78 is 22.2. The molecule has 1 unspecified atom stereocenters. The molecule has 1 atom stereocenters. The molecule has 6 N–H and O–H groups in total. The molecule has 7 amide bonds. The highest BCUT2D eigenvalue weighted by molar-refractivity contribution is 6.25. The van der Waals surface area contributed by atoms with Crippen molar-refractivity contribution in [3.8, 4) is 5.75 Å². The van der Waals surface area contributed by atoms with Crippen LogP contribution in [0.3, 0.4) is 0 Å². The van der Waals surface area contributed by atoms with Crippen LogP contribution in [0.15, 0.2) is 66.7 Å². The summed E-state index contributed by atoms with van der Waals surface area (Å²) in [5, 5.41) is 19.6. The molecule has 0 spiro atoms. The van der Waals surface area contributed by atoms with Gasteiger partial charge in [-0.15, -0.1) is 0 Å². The molecule has 302 valence electrons. The molecule has 1 fully saturated rings. The number of anilines is 2. The van der Waals surface area contributed by atoms with E-state index in [-0.39, 0.29) is 42.0 Å². The van der Waals surface area contributed by atoms with E-state index in [0.717, 1.165) is 4.90 Å². The average molecular weight is 789 g/mol. The lowest BCUT2D eigenvalue weighted by Crippen LogP contribution is -2.54. The normalized spacial score (nSPS) is 14.8. The summed E-state index contributed by atoms with van der Waals surface area (Å²) in [5.41, 5.74) is 3.34. The van der Waals surface area contributed by atoms with Gasteiger partial charge in [0.05, 0.1) is 37.6 Å². The van der Waals surface area contributed by atoms with Crippen molar-refractivity contribution >= 4 is 52.7 Å². The molecule has 0 aliphatic carbocycles. The number of amides is 7. The maximum atomic E-state index is 13.2. The van der Waals surface area contributed by atoms with Crippen LogP contribution in [-0.4, -0.2) is 117 Å². The first-order chi connectivity index (χ1) is 27.7. The Bertz CT molecular complexity index is 1940. The third-order valence-corrected chi connectivity index (χ3v) is 8.75. The van der Waals surface area contributed by atoms with Gasteiger partial charge in [-0.05, 0) is 73.9 Å². The van der Waals surface area contributed by atoms with Crippen molar-refractivity contribution in [1.82, 2.24) is 21.0 Å². The fourth-order valence-electron chi connectivity index (χ4n) is 5.91. The Morgan fingerprint density at radius 3 is 2.16 bits per heavy atom. The molecule has 3 aromatic carbocycles. The zero-order valence-electron chi connectivity index (χ0n) is 31.0. The van der Waals surface area contributed by atoms with Gasteiger partial charge >= 0.3 is 0 Å². The van der Waals surface area contributed by atoms with E-state index in [1.165, 1.54) is 29.7 Å². The number of ether oxygens (including phenoxy) is 4. The highest BCUT2D eigenvalue weighted by Gasteiger charge is 2.45. The van der Waals surface area contributed by atoms with E-state index < -0.39 is 41.5 Å². The summed E-state index contributed by atoms with van der Waals surface area (Å²) in [6, 6.07) is 16.2. The van der Waals surface area contributed by atoms with Gasteiger partial charge in [0.1, 0.15) is 11.8 Å². The number of benzene rings is 3. The van der Waals surface area contributed by atoms with E-state index in [1.807, 2.05) is 0 Å². The maximum absolute atomic E-state index is 13.2. The van der Waals surface area contributed by atoms with E-state index in [4.69, 9.17) is 24.2 Å². The Kier molecular flexibility index (Phi) is 15.6. The van der Waals surface area contributed by atoms with E-state index in [2.05, 4.69) is 21.3 Å². The summed E-state index contributed by atoms with van der Waals surface area (Å²) in [7, 11) is 0. The minimum absolute atomic E-state index is 0.0553. The molecule has 5 rings (SSSR count). The van der Waals surface area contributed by atoms with E-state index >= 15 is 0 Å². The van der Waals surface area contributed by atoms with Gasteiger partial charge < -0.3 is 34.9 Å². The third-order valence-electron chi connectivity index (χ3n) is 8.75. The highest BCUT2D eigenvalue weighted by Crippen LogP contribution is 2.32. The first-order valence-corrected chi connectivity index (χ1v) is 18.3.